The number of nitrogens with zero attached hydrogens (tertiary/aromatic N) is 1. The Bertz CT molecular complexity index is 435. The number of nitriles is 1. The molecule has 0 saturated carbocycles. The molecule has 0 atom stereocenters. The first-order valence-electron chi connectivity index (χ1n) is 4.18. The lowest BCUT2D eigenvalue weighted by Crippen LogP contribution is -2.06. The highest BCUT2D eigenvalue weighted by Gasteiger charge is 2.13. The van der Waals surface area contributed by atoms with Crippen molar-refractivity contribution < 1.29 is 14.6 Å². The monoisotopic (exact) mass is 206 g/mol. The van der Waals surface area contributed by atoms with Gasteiger partial charge in [-0.15, -0.1) is 0 Å². The Hall–Kier alpha value is -2.06. The van der Waals surface area contributed by atoms with Gasteiger partial charge in [0.1, 0.15) is 11.8 Å². The largest absolute Gasteiger partial charge is 0.495 e. The topological polar surface area (TPSA) is 96.3 Å². The summed E-state index contributed by atoms with van der Waals surface area (Å²) in [5, 5.41) is 17.6. The van der Waals surface area contributed by atoms with Crippen LogP contribution in [0.3, 0.4) is 0 Å². The molecule has 1 aromatic carbocycles. The average molecular weight is 206 g/mol. The molecular formula is C10H10N2O3. The van der Waals surface area contributed by atoms with Crippen LogP contribution in [0.15, 0.2) is 12.1 Å². The number of carbonyl (C=O) groups is 1. The fourth-order valence-electron chi connectivity index (χ4n) is 1.29. The third-order valence-electron chi connectivity index (χ3n) is 1.96. The summed E-state index contributed by atoms with van der Waals surface area (Å²) >= 11 is 0. The number of carboxylic acid groups (broad SMARTS) is 1. The molecule has 5 nitrogen and oxygen atoms in total. The first kappa shape index (κ1) is 11.0. The van der Waals surface area contributed by atoms with Crippen LogP contribution in [0.25, 0.3) is 0 Å². The number of hydrogen-bond acceptors (Lipinski definition) is 4. The van der Waals surface area contributed by atoms with Crippen LogP contribution < -0.4 is 10.5 Å². The van der Waals surface area contributed by atoms with E-state index in [9.17, 15) is 4.79 Å². The van der Waals surface area contributed by atoms with Crippen LogP contribution in [-0.2, 0) is 6.54 Å². The van der Waals surface area contributed by atoms with E-state index in [1.54, 1.807) is 0 Å². The minimum Gasteiger partial charge on any atom is -0.495 e. The molecule has 5 heteroatoms. The van der Waals surface area contributed by atoms with E-state index in [0.717, 1.165) is 0 Å². The smallest absolute Gasteiger partial charge is 0.335 e. The highest BCUT2D eigenvalue weighted by molar-refractivity contribution is 5.89. The Morgan fingerprint density at radius 2 is 2.33 bits per heavy atom. The molecule has 0 aliphatic rings. The second-order valence-corrected chi connectivity index (χ2v) is 2.84. The minimum absolute atomic E-state index is 0.0350. The molecule has 0 aliphatic carbocycles. The highest BCUT2D eigenvalue weighted by atomic mass is 16.5. The van der Waals surface area contributed by atoms with Crippen molar-refractivity contribution in [2.45, 2.75) is 6.54 Å². The Morgan fingerprint density at radius 1 is 1.67 bits per heavy atom. The molecular weight excluding hydrogens is 196 g/mol. The standard InChI is InChI=1S/C10H10N2O3/c1-15-9-7(4-11)2-6(10(13)14)3-8(9)5-12/h2-3H,4,11H2,1H3,(H,13,14). The molecule has 0 radical (unpaired) electrons. The summed E-state index contributed by atoms with van der Waals surface area (Å²) in [6, 6.07) is 4.54. The quantitative estimate of drug-likeness (QED) is 0.759. The van der Waals surface area contributed by atoms with Crippen molar-refractivity contribution in [3.8, 4) is 11.8 Å². The normalized spacial score (nSPS) is 9.40. The lowest BCUT2D eigenvalue weighted by molar-refractivity contribution is 0.0696. The molecule has 0 heterocycles. The molecule has 1 aromatic rings. The van der Waals surface area contributed by atoms with Crippen molar-refractivity contribution in [1.29, 1.82) is 5.26 Å². The van der Waals surface area contributed by atoms with Gasteiger partial charge in [-0.25, -0.2) is 4.79 Å². The Labute approximate surface area is 86.7 Å². The van der Waals surface area contributed by atoms with Gasteiger partial charge in [-0.05, 0) is 12.1 Å². The zero-order valence-electron chi connectivity index (χ0n) is 8.15. The summed E-state index contributed by atoms with van der Waals surface area (Å²) in [7, 11) is 1.41. The second-order valence-electron chi connectivity index (χ2n) is 2.84. The summed E-state index contributed by atoms with van der Waals surface area (Å²) < 4.78 is 5.00. The molecule has 0 fully saturated rings. The molecule has 0 spiro atoms. The van der Waals surface area contributed by atoms with Gasteiger partial charge in [0.05, 0.1) is 18.2 Å². The lowest BCUT2D eigenvalue weighted by Gasteiger charge is -2.09. The molecule has 0 saturated heterocycles. The second kappa shape index (κ2) is 4.44. The van der Waals surface area contributed by atoms with Crippen molar-refractivity contribution in [3.63, 3.8) is 0 Å². The molecule has 78 valence electrons. The Kier molecular flexibility index (Phi) is 3.26. The number of aromatic carboxylic acids is 1. The fourth-order valence-corrected chi connectivity index (χ4v) is 1.29. The average Bonchev–Trinajstić information content (AvgIpc) is 2.26. The van der Waals surface area contributed by atoms with Gasteiger partial charge in [0.15, 0.2) is 0 Å². The molecule has 0 bridgehead atoms. The van der Waals surface area contributed by atoms with Crippen LogP contribution in [0.1, 0.15) is 21.5 Å². The van der Waals surface area contributed by atoms with E-state index in [1.165, 1.54) is 19.2 Å². The Balaban J connectivity index is 3.44. The highest BCUT2D eigenvalue weighted by Crippen LogP contribution is 2.24. The van der Waals surface area contributed by atoms with Gasteiger partial charge in [0.25, 0.3) is 0 Å². The van der Waals surface area contributed by atoms with Crippen molar-refractivity contribution in [2.24, 2.45) is 5.73 Å². The van der Waals surface area contributed by atoms with E-state index in [0.29, 0.717) is 11.3 Å². The number of ether oxygens (including phenoxy) is 1. The van der Waals surface area contributed by atoms with Crippen LogP contribution in [0.5, 0.6) is 5.75 Å². The van der Waals surface area contributed by atoms with Crippen molar-refractivity contribution in [1.82, 2.24) is 0 Å². The van der Waals surface area contributed by atoms with E-state index < -0.39 is 5.97 Å². The molecule has 0 aliphatic heterocycles. The van der Waals surface area contributed by atoms with Crippen LogP contribution >= 0.6 is 0 Å². The van der Waals surface area contributed by atoms with E-state index in [1.807, 2.05) is 6.07 Å². The molecule has 15 heavy (non-hydrogen) atoms. The van der Waals surface area contributed by atoms with Crippen molar-refractivity contribution in [3.05, 3.63) is 28.8 Å². The van der Waals surface area contributed by atoms with Crippen LogP contribution in [0.2, 0.25) is 0 Å². The number of benzene rings is 1. The predicted octanol–water partition coefficient (Wildman–Crippen LogP) is 0.724. The number of nitrogens with two attached hydrogens (primary N) is 1. The van der Waals surface area contributed by atoms with Crippen LogP contribution in [-0.4, -0.2) is 18.2 Å². The summed E-state index contributed by atoms with van der Waals surface area (Å²) in [5.74, 6) is -0.756. The SMILES string of the molecule is COc1c(C#N)cc(C(=O)O)cc1CN. The number of hydrogen-bond donors (Lipinski definition) is 2. The first-order valence-corrected chi connectivity index (χ1v) is 4.18. The lowest BCUT2D eigenvalue weighted by atomic mass is 10.0. The molecule has 3 N–H and O–H groups in total. The van der Waals surface area contributed by atoms with Gasteiger partial charge in [0, 0.05) is 12.1 Å². The van der Waals surface area contributed by atoms with Crippen LogP contribution in [0.4, 0.5) is 0 Å². The predicted molar refractivity (Wildman–Crippen MR) is 52.6 cm³/mol. The minimum atomic E-state index is -1.09. The van der Waals surface area contributed by atoms with Gasteiger partial charge in [-0.2, -0.15) is 5.26 Å². The summed E-state index contributed by atoms with van der Waals surface area (Å²) in [6.45, 7) is 0.124. The van der Waals surface area contributed by atoms with E-state index in [2.05, 4.69) is 0 Å². The molecule has 0 aromatic heterocycles. The number of methoxy groups -OCH3 is 1. The van der Waals surface area contributed by atoms with E-state index >= 15 is 0 Å². The van der Waals surface area contributed by atoms with Gasteiger partial charge in [0.2, 0.25) is 0 Å². The maximum Gasteiger partial charge on any atom is 0.335 e. The van der Waals surface area contributed by atoms with E-state index in [4.69, 9.17) is 20.8 Å². The zero-order chi connectivity index (χ0) is 11.4. The maximum absolute atomic E-state index is 10.7. The fraction of sp³-hybridized carbons (Fsp3) is 0.200. The summed E-state index contributed by atoms with van der Waals surface area (Å²) in [4.78, 5) is 10.7. The van der Waals surface area contributed by atoms with Crippen LogP contribution in [0, 0.1) is 11.3 Å². The van der Waals surface area contributed by atoms with Gasteiger partial charge >= 0.3 is 5.97 Å². The summed E-state index contributed by atoms with van der Waals surface area (Å²) in [6.07, 6.45) is 0. The maximum atomic E-state index is 10.7. The molecule has 1 rings (SSSR count). The van der Waals surface area contributed by atoms with Gasteiger partial charge < -0.3 is 15.6 Å². The van der Waals surface area contributed by atoms with Gasteiger partial charge in [-0.3, -0.25) is 0 Å². The third kappa shape index (κ3) is 2.06. The third-order valence-corrected chi connectivity index (χ3v) is 1.96. The van der Waals surface area contributed by atoms with Gasteiger partial charge in [-0.1, -0.05) is 0 Å². The summed E-state index contributed by atoms with van der Waals surface area (Å²) in [5.41, 5.74) is 6.16. The molecule has 0 unspecified atom stereocenters. The van der Waals surface area contributed by atoms with E-state index in [-0.39, 0.29) is 17.7 Å². The van der Waals surface area contributed by atoms with Crippen molar-refractivity contribution >= 4 is 5.97 Å². The zero-order valence-corrected chi connectivity index (χ0v) is 8.15. The van der Waals surface area contributed by atoms with Crippen molar-refractivity contribution in [2.75, 3.05) is 7.11 Å². The number of rotatable bonds is 3. The Morgan fingerprint density at radius 3 is 2.73 bits per heavy atom. The first-order chi connectivity index (χ1) is 7.13. The number of carboxylic acids is 1. The molecule has 0 amide bonds.